The number of rotatable bonds is 9. The molecule has 0 saturated carbocycles. The Hall–Kier alpha value is -3.91. The molecule has 4 aromatic rings. The van der Waals surface area contributed by atoms with Crippen molar-refractivity contribution in [2.75, 3.05) is 5.32 Å². The molecule has 4 rings (SSSR count). The number of benzene rings is 3. The van der Waals surface area contributed by atoms with E-state index in [4.69, 9.17) is 4.74 Å². The fourth-order valence-corrected chi connectivity index (χ4v) is 4.10. The van der Waals surface area contributed by atoms with Gasteiger partial charge in [-0.1, -0.05) is 48.2 Å². The third-order valence-corrected chi connectivity index (χ3v) is 6.08. The van der Waals surface area contributed by atoms with Crippen LogP contribution in [0.2, 0.25) is 0 Å². The Balaban J connectivity index is 1.50. The standard InChI is InChI=1S/C26H24N4O3S/c1-18(31)20-13-15-21(16-14-20)27-25(32)19(2)34-26-29-28-24(17-33-23-11-7-4-8-12-23)30(26)22-9-5-3-6-10-22/h3-16,19H,17H2,1-2H3,(H,27,32)/t19-/m1/s1. The van der Waals surface area contributed by atoms with Crippen molar-refractivity contribution in [1.82, 2.24) is 14.8 Å². The van der Waals surface area contributed by atoms with Gasteiger partial charge in [0.15, 0.2) is 16.8 Å². The fraction of sp³-hybridized carbons (Fsp3) is 0.154. The quantitative estimate of drug-likeness (QED) is 0.267. The number of hydrogen-bond donors (Lipinski definition) is 1. The number of thioether (sulfide) groups is 1. The van der Waals surface area contributed by atoms with E-state index in [0.717, 1.165) is 11.4 Å². The summed E-state index contributed by atoms with van der Waals surface area (Å²) in [5.74, 6) is 1.17. The number of nitrogens with one attached hydrogen (secondary N) is 1. The topological polar surface area (TPSA) is 86.1 Å². The lowest BCUT2D eigenvalue weighted by Gasteiger charge is -2.14. The molecule has 0 spiro atoms. The van der Waals surface area contributed by atoms with Crippen molar-refractivity contribution >= 4 is 29.1 Å². The first-order valence-electron chi connectivity index (χ1n) is 10.8. The van der Waals surface area contributed by atoms with E-state index >= 15 is 0 Å². The number of nitrogens with zero attached hydrogens (tertiary/aromatic N) is 3. The van der Waals surface area contributed by atoms with Crippen LogP contribution in [-0.2, 0) is 11.4 Å². The Morgan fingerprint density at radius 3 is 2.24 bits per heavy atom. The Morgan fingerprint density at radius 1 is 0.941 bits per heavy atom. The lowest BCUT2D eigenvalue weighted by molar-refractivity contribution is -0.115. The molecular weight excluding hydrogens is 448 g/mol. The number of para-hydroxylation sites is 2. The Labute approximate surface area is 202 Å². The van der Waals surface area contributed by atoms with Crippen molar-refractivity contribution in [1.29, 1.82) is 0 Å². The van der Waals surface area contributed by atoms with Gasteiger partial charge in [0.25, 0.3) is 0 Å². The highest BCUT2D eigenvalue weighted by atomic mass is 32.2. The number of carbonyl (C=O) groups excluding carboxylic acids is 2. The Bertz CT molecular complexity index is 1260. The summed E-state index contributed by atoms with van der Waals surface area (Å²) in [5, 5.41) is 11.7. The van der Waals surface area contributed by atoms with Gasteiger partial charge in [0.05, 0.1) is 5.25 Å². The second-order valence-corrected chi connectivity index (χ2v) is 8.86. The molecule has 0 saturated heterocycles. The van der Waals surface area contributed by atoms with Crippen molar-refractivity contribution in [2.45, 2.75) is 30.9 Å². The maximum Gasteiger partial charge on any atom is 0.237 e. The summed E-state index contributed by atoms with van der Waals surface area (Å²) in [6.45, 7) is 3.55. The normalized spacial score (nSPS) is 11.6. The molecule has 0 fully saturated rings. The molecule has 1 amide bonds. The summed E-state index contributed by atoms with van der Waals surface area (Å²) < 4.78 is 7.79. The predicted molar refractivity (Wildman–Crippen MR) is 133 cm³/mol. The average Bonchev–Trinajstić information content (AvgIpc) is 3.26. The first kappa shape index (κ1) is 23.3. The van der Waals surface area contributed by atoms with Gasteiger partial charge in [-0.3, -0.25) is 14.2 Å². The van der Waals surface area contributed by atoms with Crippen LogP contribution in [-0.4, -0.2) is 31.7 Å². The first-order valence-corrected chi connectivity index (χ1v) is 11.7. The summed E-state index contributed by atoms with van der Waals surface area (Å²) in [4.78, 5) is 24.3. The second-order valence-electron chi connectivity index (χ2n) is 7.55. The van der Waals surface area contributed by atoms with Gasteiger partial charge in [0.2, 0.25) is 5.91 Å². The van der Waals surface area contributed by atoms with Crippen LogP contribution in [0.15, 0.2) is 90.1 Å². The van der Waals surface area contributed by atoms with Crippen LogP contribution in [0.5, 0.6) is 5.75 Å². The number of ether oxygens (including phenoxy) is 1. The van der Waals surface area contributed by atoms with Crippen molar-refractivity contribution in [3.05, 3.63) is 96.3 Å². The van der Waals surface area contributed by atoms with E-state index < -0.39 is 5.25 Å². The van der Waals surface area contributed by atoms with E-state index in [-0.39, 0.29) is 18.3 Å². The van der Waals surface area contributed by atoms with Crippen LogP contribution >= 0.6 is 11.8 Å². The number of amides is 1. The largest absolute Gasteiger partial charge is 0.486 e. The minimum absolute atomic E-state index is 0.0194. The van der Waals surface area contributed by atoms with Crippen LogP contribution in [0.4, 0.5) is 5.69 Å². The molecule has 8 heteroatoms. The van der Waals surface area contributed by atoms with E-state index in [0.29, 0.717) is 22.2 Å². The zero-order chi connectivity index (χ0) is 23.9. The van der Waals surface area contributed by atoms with Crippen LogP contribution in [0.25, 0.3) is 5.69 Å². The van der Waals surface area contributed by atoms with Crippen molar-refractivity contribution in [3.8, 4) is 11.4 Å². The molecule has 3 aromatic carbocycles. The van der Waals surface area contributed by atoms with Crippen LogP contribution in [0.3, 0.4) is 0 Å². The predicted octanol–water partition coefficient (Wildman–Crippen LogP) is 5.17. The molecule has 1 N–H and O–H groups in total. The third kappa shape index (κ3) is 5.71. The molecule has 34 heavy (non-hydrogen) atoms. The summed E-state index contributed by atoms with van der Waals surface area (Å²) >= 11 is 1.31. The molecule has 1 atom stereocenters. The minimum Gasteiger partial charge on any atom is -0.486 e. The van der Waals surface area contributed by atoms with Gasteiger partial charge < -0.3 is 10.1 Å². The molecule has 0 unspecified atom stereocenters. The van der Waals surface area contributed by atoms with Gasteiger partial charge in [0.1, 0.15) is 12.4 Å². The number of Topliss-reactive ketones (excluding diaryl/α,β-unsaturated/α-hetero) is 1. The molecule has 0 aliphatic carbocycles. The van der Waals surface area contributed by atoms with Gasteiger partial charge in [-0.05, 0) is 62.4 Å². The lowest BCUT2D eigenvalue weighted by atomic mass is 10.1. The van der Waals surface area contributed by atoms with Gasteiger partial charge in [-0.25, -0.2) is 0 Å². The zero-order valence-corrected chi connectivity index (χ0v) is 19.7. The molecule has 0 aliphatic heterocycles. The number of anilines is 1. The van der Waals surface area contributed by atoms with Gasteiger partial charge >= 0.3 is 0 Å². The van der Waals surface area contributed by atoms with Gasteiger partial charge in [-0.15, -0.1) is 10.2 Å². The maximum atomic E-state index is 12.8. The summed E-state index contributed by atoms with van der Waals surface area (Å²) in [7, 11) is 0. The Morgan fingerprint density at radius 2 is 1.59 bits per heavy atom. The summed E-state index contributed by atoms with van der Waals surface area (Å²) in [5.41, 5.74) is 2.11. The van der Waals surface area contributed by atoms with Crippen molar-refractivity contribution in [3.63, 3.8) is 0 Å². The molecule has 0 bridgehead atoms. The van der Waals surface area contributed by atoms with E-state index in [9.17, 15) is 9.59 Å². The highest BCUT2D eigenvalue weighted by Gasteiger charge is 2.21. The SMILES string of the molecule is CC(=O)c1ccc(NC(=O)[C@@H](C)Sc2nnc(COc3ccccc3)n2-c2ccccc2)cc1. The molecule has 0 aliphatic rings. The summed E-state index contributed by atoms with van der Waals surface area (Å²) in [6, 6.07) is 26.1. The monoisotopic (exact) mass is 472 g/mol. The molecule has 1 heterocycles. The third-order valence-electron chi connectivity index (χ3n) is 5.04. The molecular formula is C26H24N4O3S. The highest BCUT2D eigenvalue weighted by Crippen LogP contribution is 2.27. The highest BCUT2D eigenvalue weighted by molar-refractivity contribution is 8.00. The van der Waals surface area contributed by atoms with E-state index in [1.54, 1.807) is 24.3 Å². The smallest absolute Gasteiger partial charge is 0.237 e. The fourth-order valence-electron chi connectivity index (χ4n) is 3.21. The molecule has 1 aromatic heterocycles. The number of aromatic nitrogens is 3. The van der Waals surface area contributed by atoms with Crippen LogP contribution in [0.1, 0.15) is 30.0 Å². The van der Waals surface area contributed by atoms with E-state index in [1.807, 2.05) is 72.2 Å². The molecule has 172 valence electrons. The maximum absolute atomic E-state index is 12.8. The Kier molecular flexibility index (Phi) is 7.39. The second kappa shape index (κ2) is 10.8. The van der Waals surface area contributed by atoms with E-state index in [2.05, 4.69) is 15.5 Å². The minimum atomic E-state index is -0.443. The zero-order valence-electron chi connectivity index (χ0n) is 18.8. The van der Waals surface area contributed by atoms with Crippen molar-refractivity contribution in [2.24, 2.45) is 0 Å². The first-order chi connectivity index (χ1) is 16.5. The summed E-state index contributed by atoms with van der Waals surface area (Å²) in [6.07, 6.45) is 0. The molecule has 0 radical (unpaired) electrons. The average molecular weight is 473 g/mol. The van der Waals surface area contributed by atoms with Crippen LogP contribution in [0, 0.1) is 0 Å². The van der Waals surface area contributed by atoms with Gasteiger partial charge in [0, 0.05) is 16.9 Å². The van der Waals surface area contributed by atoms with Gasteiger partial charge in [-0.2, -0.15) is 0 Å². The van der Waals surface area contributed by atoms with E-state index in [1.165, 1.54) is 18.7 Å². The number of carbonyl (C=O) groups is 2. The van der Waals surface area contributed by atoms with Crippen molar-refractivity contribution < 1.29 is 14.3 Å². The molecule has 7 nitrogen and oxygen atoms in total. The number of ketones is 1. The van der Waals surface area contributed by atoms with Crippen LogP contribution < -0.4 is 10.1 Å². The number of hydrogen-bond acceptors (Lipinski definition) is 6. The lowest BCUT2D eigenvalue weighted by Crippen LogP contribution is -2.23.